The average Bonchev–Trinajstić information content (AvgIpc) is 3.69. The Hall–Kier alpha value is -6.73. The molecule has 4 aromatic rings. The second-order valence-corrected chi connectivity index (χ2v) is 13.7. The van der Waals surface area contributed by atoms with Crippen LogP contribution in [-0.4, -0.2) is 91.2 Å². The topological polar surface area (TPSA) is 207 Å². The minimum absolute atomic E-state index is 0.0158. The minimum Gasteiger partial charge on any atom is -0.491 e. The number of primary amides is 1. The lowest BCUT2D eigenvalue weighted by atomic mass is 9.65. The van der Waals surface area contributed by atoms with Gasteiger partial charge in [-0.05, 0) is 52.6 Å². The lowest BCUT2D eigenvalue weighted by molar-refractivity contribution is -0.179. The Balaban J connectivity index is 1.55. The number of esters is 1. The number of benzene rings is 4. The van der Waals surface area contributed by atoms with Crippen molar-refractivity contribution >= 4 is 35.7 Å². The van der Waals surface area contributed by atoms with Crippen LogP contribution in [0.2, 0.25) is 0 Å². The monoisotopic (exact) mass is 788 g/mol. The highest BCUT2D eigenvalue weighted by Crippen LogP contribution is 2.66. The number of aliphatic carboxylic acids is 1. The molecule has 2 saturated heterocycles. The molecule has 15 heteroatoms. The SMILES string of the molecule is COCCOC(=O)N1C(=O)C2(c3cc(C#CCNC(N)=O)ccc31)C(C(=O)O)C1C(=O)OC(c3ccccc3)C(c3ccccc3)N1C2c1cccc(OCCO)c1. The van der Waals surface area contributed by atoms with Gasteiger partial charge in [0.1, 0.15) is 42.4 Å². The average molecular weight is 789 g/mol. The zero-order chi connectivity index (χ0) is 41.0. The van der Waals surface area contributed by atoms with Crippen LogP contribution in [0.25, 0.3) is 0 Å². The number of carboxylic acids is 1. The molecule has 3 aliphatic rings. The maximum atomic E-state index is 15.7. The number of carboxylic acid groups (broad SMARTS) is 1. The third kappa shape index (κ3) is 6.98. The maximum Gasteiger partial charge on any atom is 0.421 e. The number of cyclic esters (lactones) is 1. The highest BCUT2D eigenvalue weighted by molar-refractivity contribution is 6.23. The fourth-order valence-corrected chi connectivity index (χ4v) is 8.44. The van der Waals surface area contributed by atoms with Crippen molar-refractivity contribution in [2.24, 2.45) is 11.7 Å². The lowest BCUT2D eigenvalue weighted by Gasteiger charge is -2.46. The molecule has 3 aliphatic heterocycles. The van der Waals surface area contributed by atoms with Crippen molar-refractivity contribution in [2.75, 3.05) is 45.0 Å². The van der Waals surface area contributed by atoms with Gasteiger partial charge in [-0.25, -0.2) is 14.5 Å². The molecular weight excluding hydrogens is 748 g/mol. The number of anilines is 1. The number of nitrogens with two attached hydrogens (primary N) is 1. The van der Waals surface area contributed by atoms with Crippen molar-refractivity contribution in [1.29, 1.82) is 0 Å². The van der Waals surface area contributed by atoms with Gasteiger partial charge in [0.25, 0.3) is 0 Å². The number of nitrogens with zero attached hydrogens (tertiary/aromatic N) is 2. The molecule has 4 amide bonds. The fraction of sp³-hybridized carbons (Fsp3) is 0.279. The van der Waals surface area contributed by atoms with Gasteiger partial charge in [-0.3, -0.25) is 19.3 Å². The number of fused-ring (bicyclic) bond motifs is 3. The zero-order valence-corrected chi connectivity index (χ0v) is 31.3. The van der Waals surface area contributed by atoms with E-state index in [2.05, 4.69) is 17.2 Å². The first-order valence-corrected chi connectivity index (χ1v) is 18.4. The summed E-state index contributed by atoms with van der Waals surface area (Å²) >= 11 is 0. The van der Waals surface area contributed by atoms with E-state index in [0.717, 1.165) is 4.90 Å². The molecule has 0 aliphatic carbocycles. The van der Waals surface area contributed by atoms with Gasteiger partial charge < -0.3 is 40.2 Å². The van der Waals surface area contributed by atoms with Crippen molar-refractivity contribution in [1.82, 2.24) is 10.2 Å². The molecule has 58 heavy (non-hydrogen) atoms. The summed E-state index contributed by atoms with van der Waals surface area (Å²) in [6.07, 6.45) is -2.06. The van der Waals surface area contributed by atoms with E-state index in [-0.39, 0.29) is 44.2 Å². The van der Waals surface area contributed by atoms with Crippen LogP contribution in [0, 0.1) is 17.8 Å². The van der Waals surface area contributed by atoms with Crippen LogP contribution in [0.3, 0.4) is 0 Å². The van der Waals surface area contributed by atoms with E-state index in [1.807, 2.05) is 36.4 Å². The molecule has 0 saturated carbocycles. The standard InChI is InChI=1S/C43H40N4O11/c1-55-22-23-57-42(54)46-32-18-17-26(10-9-19-45-41(44)53)24-31(32)43(40(46)52)33(38(49)50)35-39(51)58-36(28-13-6-3-7-14-28)34(27-11-4-2-5-12-27)47(35)37(43)29-15-8-16-30(25-29)56-21-20-48/h2-8,11-18,24-25,33-37,48H,19-23H2,1H3,(H,49,50)(H3,44,45,53). The second kappa shape index (κ2) is 16.8. The molecule has 0 bridgehead atoms. The van der Waals surface area contributed by atoms with Crippen LogP contribution in [0.5, 0.6) is 5.75 Å². The largest absolute Gasteiger partial charge is 0.491 e. The summed E-state index contributed by atoms with van der Waals surface area (Å²) in [5.74, 6) is 0.839. The van der Waals surface area contributed by atoms with E-state index in [1.54, 1.807) is 59.5 Å². The van der Waals surface area contributed by atoms with Gasteiger partial charge in [0.05, 0.1) is 37.5 Å². The van der Waals surface area contributed by atoms with Crippen molar-refractivity contribution in [3.05, 3.63) is 131 Å². The number of hydrogen-bond acceptors (Lipinski definition) is 11. The number of rotatable bonds is 11. The summed E-state index contributed by atoms with van der Waals surface area (Å²) < 4.78 is 22.7. The molecule has 0 radical (unpaired) electrons. The van der Waals surface area contributed by atoms with Gasteiger partial charge in [-0.1, -0.05) is 84.6 Å². The van der Waals surface area contributed by atoms with Gasteiger partial charge in [0.15, 0.2) is 0 Å². The van der Waals surface area contributed by atoms with Crippen LogP contribution < -0.4 is 20.7 Å². The number of nitrogens with one attached hydrogen (secondary N) is 1. The number of carbonyl (C=O) groups is 5. The number of aliphatic hydroxyl groups is 1. The van der Waals surface area contributed by atoms with E-state index < -0.39 is 65.5 Å². The minimum atomic E-state index is -2.22. The van der Waals surface area contributed by atoms with Crippen molar-refractivity contribution in [3.8, 4) is 17.6 Å². The first kappa shape index (κ1) is 39.5. The number of hydrogen-bond donors (Lipinski definition) is 4. The Morgan fingerprint density at radius 2 is 1.59 bits per heavy atom. The van der Waals surface area contributed by atoms with Crippen LogP contribution in [-0.2, 0) is 34.0 Å². The number of methoxy groups -OCH3 is 1. The van der Waals surface area contributed by atoms with Crippen LogP contribution >= 0.6 is 0 Å². The highest BCUT2D eigenvalue weighted by Gasteiger charge is 2.76. The van der Waals surface area contributed by atoms with Gasteiger partial charge >= 0.3 is 24.1 Å². The van der Waals surface area contributed by atoms with Crippen LogP contribution in [0.4, 0.5) is 15.3 Å². The van der Waals surface area contributed by atoms with Crippen molar-refractivity contribution in [3.63, 3.8) is 0 Å². The van der Waals surface area contributed by atoms with Crippen LogP contribution in [0.15, 0.2) is 103 Å². The van der Waals surface area contributed by atoms with Crippen molar-refractivity contribution < 1.29 is 53.1 Å². The first-order valence-electron chi connectivity index (χ1n) is 18.4. The van der Waals surface area contributed by atoms with E-state index in [1.165, 1.54) is 19.2 Å². The van der Waals surface area contributed by atoms with E-state index in [9.17, 15) is 29.4 Å². The molecule has 1 spiro atoms. The zero-order valence-electron chi connectivity index (χ0n) is 31.3. The summed E-state index contributed by atoms with van der Waals surface area (Å²) in [6.45, 7) is -0.672. The Morgan fingerprint density at radius 3 is 2.26 bits per heavy atom. The molecule has 298 valence electrons. The Labute approximate surface area is 333 Å². The number of imide groups is 1. The van der Waals surface area contributed by atoms with Gasteiger partial charge in [-0.2, -0.15) is 0 Å². The van der Waals surface area contributed by atoms with Gasteiger partial charge in [0, 0.05) is 12.7 Å². The first-order chi connectivity index (χ1) is 28.1. The second-order valence-electron chi connectivity index (χ2n) is 13.7. The van der Waals surface area contributed by atoms with E-state index in [4.69, 9.17) is 24.7 Å². The van der Waals surface area contributed by atoms with E-state index in [0.29, 0.717) is 28.0 Å². The quantitative estimate of drug-likeness (QED) is 0.0977. The molecule has 3 heterocycles. The van der Waals surface area contributed by atoms with E-state index >= 15 is 4.79 Å². The Morgan fingerprint density at radius 1 is 0.879 bits per heavy atom. The summed E-state index contributed by atoms with van der Waals surface area (Å²) in [5, 5.41) is 23.4. The molecule has 7 rings (SSSR count). The summed E-state index contributed by atoms with van der Waals surface area (Å²) in [6, 6.07) is 24.8. The fourth-order valence-electron chi connectivity index (χ4n) is 8.44. The molecule has 2 fully saturated rings. The van der Waals surface area contributed by atoms with Gasteiger partial charge in [-0.15, -0.1) is 0 Å². The summed E-state index contributed by atoms with van der Waals surface area (Å²) in [7, 11) is 1.42. The number of aliphatic hydroxyl groups excluding tert-OH is 1. The molecule has 6 atom stereocenters. The predicted molar refractivity (Wildman–Crippen MR) is 206 cm³/mol. The molecule has 6 unspecified atom stereocenters. The molecule has 0 aromatic heterocycles. The molecule has 15 nitrogen and oxygen atoms in total. The highest BCUT2D eigenvalue weighted by atomic mass is 16.6. The third-order valence-electron chi connectivity index (χ3n) is 10.5. The Bertz CT molecular complexity index is 2280. The normalized spacial score (nSPS) is 23.3. The number of morpholine rings is 1. The number of carbonyl (C=O) groups excluding carboxylic acids is 4. The number of urea groups is 1. The molecule has 4 aromatic carbocycles. The number of ether oxygens (including phenoxy) is 4. The molecular formula is C43H40N4O11. The molecule has 5 N–H and O–H groups in total. The third-order valence-corrected chi connectivity index (χ3v) is 10.5. The predicted octanol–water partition coefficient (Wildman–Crippen LogP) is 3.61. The maximum absolute atomic E-state index is 15.7. The van der Waals surface area contributed by atoms with Crippen molar-refractivity contribution in [2.45, 2.75) is 29.6 Å². The summed E-state index contributed by atoms with van der Waals surface area (Å²) in [5.41, 5.74) is 5.09. The van der Waals surface area contributed by atoms with Crippen LogP contribution in [0.1, 0.15) is 46.0 Å². The lowest BCUT2D eigenvalue weighted by Crippen LogP contribution is -2.53. The number of amides is 4. The van der Waals surface area contributed by atoms with Gasteiger partial charge in [0.2, 0.25) is 5.91 Å². The smallest absolute Gasteiger partial charge is 0.421 e. The summed E-state index contributed by atoms with van der Waals surface area (Å²) in [4.78, 5) is 72.4. The Kier molecular flexibility index (Phi) is 11.4.